The second-order valence-corrected chi connectivity index (χ2v) is 3.70. The molecular formula is C9H16BN3O. The molecule has 1 N–H and O–H groups in total. The van der Waals surface area contributed by atoms with Crippen LogP contribution in [0.3, 0.4) is 0 Å². The maximum Gasteiger partial charge on any atom is 0.198 e. The van der Waals surface area contributed by atoms with Crippen molar-refractivity contribution in [2.45, 2.75) is 12.8 Å². The van der Waals surface area contributed by atoms with Gasteiger partial charge in [0.25, 0.3) is 0 Å². The van der Waals surface area contributed by atoms with Gasteiger partial charge in [0.15, 0.2) is 13.8 Å². The Hall–Kier alpha value is -1.26. The minimum atomic E-state index is 0.203. The Morgan fingerprint density at radius 3 is 2.79 bits per heavy atom. The lowest BCUT2D eigenvalue weighted by molar-refractivity contribution is -0.111. The van der Waals surface area contributed by atoms with Crippen molar-refractivity contribution < 1.29 is 4.79 Å². The summed E-state index contributed by atoms with van der Waals surface area (Å²) < 4.78 is 0. The van der Waals surface area contributed by atoms with Gasteiger partial charge in [-0.05, 0) is 12.8 Å². The third kappa shape index (κ3) is 2.37. The summed E-state index contributed by atoms with van der Waals surface area (Å²) in [5.41, 5.74) is 1.15. The van der Waals surface area contributed by atoms with Gasteiger partial charge in [0, 0.05) is 19.3 Å². The summed E-state index contributed by atoms with van der Waals surface area (Å²) in [5.74, 6) is 0.485. The van der Waals surface area contributed by atoms with E-state index in [9.17, 15) is 4.79 Å². The SMILES string of the molecule is BC(=O)CCCN1C(=C)CN(C)C1=N. The number of hydrogen-bond acceptors (Lipinski definition) is 2. The van der Waals surface area contributed by atoms with Crippen LogP contribution >= 0.6 is 0 Å². The smallest absolute Gasteiger partial charge is 0.198 e. The average molecular weight is 193 g/mol. The van der Waals surface area contributed by atoms with Crippen molar-refractivity contribution in [1.82, 2.24) is 9.80 Å². The van der Waals surface area contributed by atoms with E-state index in [1.54, 1.807) is 7.85 Å². The van der Waals surface area contributed by atoms with E-state index in [0.717, 1.165) is 25.2 Å². The molecule has 0 amide bonds. The predicted molar refractivity (Wildman–Crippen MR) is 59.0 cm³/mol. The summed E-state index contributed by atoms with van der Waals surface area (Å²) in [7, 11) is 3.47. The number of nitrogens with one attached hydrogen (secondary N) is 1. The summed E-state index contributed by atoms with van der Waals surface area (Å²) in [6.07, 6.45) is 1.38. The molecule has 76 valence electrons. The average Bonchev–Trinajstić information content (AvgIpc) is 2.31. The van der Waals surface area contributed by atoms with Crippen LogP contribution in [0, 0.1) is 5.41 Å². The molecule has 1 aliphatic rings. The van der Waals surface area contributed by atoms with Gasteiger partial charge in [-0.2, -0.15) is 0 Å². The monoisotopic (exact) mass is 193 g/mol. The molecule has 14 heavy (non-hydrogen) atoms. The summed E-state index contributed by atoms with van der Waals surface area (Å²) >= 11 is 0. The molecule has 0 aliphatic carbocycles. The van der Waals surface area contributed by atoms with Gasteiger partial charge >= 0.3 is 0 Å². The summed E-state index contributed by atoms with van der Waals surface area (Å²) in [6, 6.07) is 0. The van der Waals surface area contributed by atoms with Crippen LogP contribution < -0.4 is 0 Å². The number of nitrogens with zero attached hydrogens (tertiary/aromatic N) is 2. The molecule has 5 heteroatoms. The Labute approximate surface area is 85.5 Å². The van der Waals surface area contributed by atoms with Gasteiger partial charge in [0.1, 0.15) is 0 Å². The van der Waals surface area contributed by atoms with Crippen LogP contribution in [0.2, 0.25) is 0 Å². The van der Waals surface area contributed by atoms with E-state index in [-0.39, 0.29) is 5.68 Å². The Balaban J connectivity index is 2.41. The normalized spacial score (nSPS) is 16.6. The highest BCUT2D eigenvalue weighted by atomic mass is 16.1. The zero-order chi connectivity index (χ0) is 10.7. The van der Waals surface area contributed by atoms with Gasteiger partial charge < -0.3 is 14.6 Å². The number of guanidine groups is 1. The summed E-state index contributed by atoms with van der Waals surface area (Å²) in [4.78, 5) is 14.4. The molecule has 0 unspecified atom stereocenters. The van der Waals surface area contributed by atoms with E-state index in [4.69, 9.17) is 5.41 Å². The third-order valence-electron chi connectivity index (χ3n) is 2.33. The highest BCUT2D eigenvalue weighted by molar-refractivity contribution is 6.57. The van der Waals surface area contributed by atoms with E-state index in [1.165, 1.54) is 0 Å². The molecule has 1 saturated heterocycles. The lowest BCUT2D eigenvalue weighted by Gasteiger charge is -2.18. The Bertz CT molecular complexity index is 277. The lowest BCUT2D eigenvalue weighted by atomic mass is 9.98. The van der Waals surface area contributed by atoms with Crippen LogP contribution in [0.5, 0.6) is 0 Å². The lowest BCUT2D eigenvalue weighted by Crippen LogP contribution is -2.30. The molecule has 1 heterocycles. The van der Waals surface area contributed by atoms with E-state index < -0.39 is 0 Å². The fraction of sp³-hybridized carbons (Fsp3) is 0.556. The second kappa shape index (κ2) is 4.31. The zero-order valence-corrected chi connectivity index (χ0v) is 8.84. The standard InChI is InChI=1S/C9H16BN3O/c1-7-6-12(2)9(11)13(7)5-3-4-8(10)14/h11H,1,3-6,10H2,2H3. The van der Waals surface area contributed by atoms with Gasteiger partial charge in [0.2, 0.25) is 0 Å². The molecular weight excluding hydrogens is 177 g/mol. The molecule has 1 rings (SSSR count). The van der Waals surface area contributed by atoms with Crippen molar-refractivity contribution in [3.8, 4) is 0 Å². The fourth-order valence-electron chi connectivity index (χ4n) is 1.54. The van der Waals surface area contributed by atoms with Crippen molar-refractivity contribution >= 4 is 19.5 Å². The topological polar surface area (TPSA) is 47.4 Å². The fourth-order valence-corrected chi connectivity index (χ4v) is 1.54. The Morgan fingerprint density at radius 2 is 2.36 bits per heavy atom. The first-order chi connectivity index (χ1) is 6.52. The molecule has 1 aliphatic heterocycles. The zero-order valence-electron chi connectivity index (χ0n) is 8.84. The highest BCUT2D eigenvalue weighted by Gasteiger charge is 2.24. The predicted octanol–water partition coefficient (Wildman–Crippen LogP) is -0.378. The molecule has 0 aromatic rings. The molecule has 4 nitrogen and oxygen atoms in total. The number of hydrogen-bond donors (Lipinski definition) is 1. The first-order valence-electron chi connectivity index (χ1n) is 4.77. The molecule has 0 aromatic carbocycles. The van der Waals surface area contributed by atoms with Crippen LogP contribution in [0.4, 0.5) is 0 Å². The van der Waals surface area contributed by atoms with Crippen LogP contribution in [0.15, 0.2) is 12.3 Å². The van der Waals surface area contributed by atoms with Crippen LogP contribution in [-0.4, -0.2) is 49.4 Å². The maximum atomic E-state index is 10.7. The number of carbonyl (C=O) groups excluding carboxylic acids is 1. The number of likely N-dealkylation sites (N-methyl/N-ethyl adjacent to an activating group) is 1. The Kier molecular flexibility index (Phi) is 3.33. The van der Waals surface area contributed by atoms with Crippen molar-refractivity contribution in [2.75, 3.05) is 20.1 Å². The minimum absolute atomic E-state index is 0.203. The first kappa shape index (κ1) is 10.8. The third-order valence-corrected chi connectivity index (χ3v) is 2.33. The van der Waals surface area contributed by atoms with Crippen molar-refractivity contribution in [3.05, 3.63) is 12.3 Å². The molecule has 0 bridgehead atoms. The largest absolute Gasteiger partial charge is 0.340 e. The summed E-state index contributed by atoms with van der Waals surface area (Å²) in [6.45, 7) is 5.34. The van der Waals surface area contributed by atoms with E-state index in [2.05, 4.69) is 6.58 Å². The number of rotatable bonds is 4. The quantitative estimate of drug-likeness (QED) is 0.619. The van der Waals surface area contributed by atoms with Crippen molar-refractivity contribution in [2.24, 2.45) is 0 Å². The van der Waals surface area contributed by atoms with Crippen molar-refractivity contribution in [3.63, 3.8) is 0 Å². The van der Waals surface area contributed by atoms with E-state index in [0.29, 0.717) is 12.4 Å². The van der Waals surface area contributed by atoms with Crippen molar-refractivity contribution in [1.29, 1.82) is 5.41 Å². The second-order valence-electron chi connectivity index (χ2n) is 3.70. The van der Waals surface area contributed by atoms with Crippen LogP contribution in [-0.2, 0) is 4.79 Å². The van der Waals surface area contributed by atoms with Gasteiger partial charge in [-0.15, -0.1) is 0 Å². The summed E-state index contributed by atoms with van der Waals surface area (Å²) in [5, 5.41) is 7.73. The minimum Gasteiger partial charge on any atom is -0.340 e. The van der Waals surface area contributed by atoms with Gasteiger partial charge in [-0.1, -0.05) is 6.58 Å². The van der Waals surface area contributed by atoms with Crippen LogP contribution in [0.1, 0.15) is 12.8 Å². The van der Waals surface area contributed by atoms with E-state index >= 15 is 0 Å². The molecule has 0 spiro atoms. The van der Waals surface area contributed by atoms with Gasteiger partial charge in [0.05, 0.1) is 12.2 Å². The Morgan fingerprint density at radius 1 is 1.71 bits per heavy atom. The van der Waals surface area contributed by atoms with Gasteiger partial charge in [-0.3, -0.25) is 5.41 Å². The molecule has 0 aromatic heterocycles. The van der Waals surface area contributed by atoms with E-state index in [1.807, 2.05) is 16.8 Å². The molecule has 0 radical (unpaired) electrons. The maximum absolute atomic E-state index is 10.7. The molecule has 0 saturated carbocycles. The molecule has 0 atom stereocenters. The first-order valence-corrected chi connectivity index (χ1v) is 4.77. The molecule has 1 fully saturated rings. The van der Waals surface area contributed by atoms with Crippen LogP contribution in [0.25, 0.3) is 0 Å². The van der Waals surface area contributed by atoms with Gasteiger partial charge in [-0.25, -0.2) is 0 Å². The number of carbonyl (C=O) groups is 1. The highest BCUT2D eigenvalue weighted by Crippen LogP contribution is 2.15.